The second kappa shape index (κ2) is 9.13. The molecule has 1 heterocycles. The lowest BCUT2D eigenvalue weighted by molar-refractivity contribution is 0.153. The predicted molar refractivity (Wildman–Crippen MR) is 97.2 cm³/mol. The molecule has 0 amide bonds. The van der Waals surface area contributed by atoms with Crippen LogP contribution < -0.4 is 10.6 Å². The first-order valence-electron chi connectivity index (χ1n) is 8.40. The number of aliphatic hydroxyl groups is 1. The summed E-state index contributed by atoms with van der Waals surface area (Å²) in [7, 11) is 0. The lowest BCUT2D eigenvalue weighted by Gasteiger charge is -2.15. The van der Waals surface area contributed by atoms with Crippen molar-refractivity contribution >= 4 is 5.96 Å². The van der Waals surface area contributed by atoms with Gasteiger partial charge in [0.25, 0.3) is 0 Å². The van der Waals surface area contributed by atoms with Gasteiger partial charge in [0.1, 0.15) is 11.9 Å². The maximum absolute atomic E-state index is 10.1. The Hall–Kier alpha value is -2.27. The van der Waals surface area contributed by atoms with Gasteiger partial charge in [0.2, 0.25) is 0 Å². The summed E-state index contributed by atoms with van der Waals surface area (Å²) in [5, 5.41) is 16.4. The van der Waals surface area contributed by atoms with E-state index in [9.17, 15) is 5.11 Å². The van der Waals surface area contributed by atoms with Gasteiger partial charge in [-0.2, -0.15) is 0 Å². The van der Waals surface area contributed by atoms with Crippen LogP contribution in [0.1, 0.15) is 42.8 Å². The van der Waals surface area contributed by atoms with Gasteiger partial charge in [-0.05, 0) is 31.5 Å². The Morgan fingerprint density at radius 1 is 1.25 bits per heavy atom. The highest BCUT2D eigenvalue weighted by molar-refractivity contribution is 5.79. The molecule has 0 bridgehead atoms. The van der Waals surface area contributed by atoms with Crippen molar-refractivity contribution in [1.82, 2.24) is 10.6 Å². The average molecular weight is 329 g/mol. The maximum atomic E-state index is 10.1. The van der Waals surface area contributed by atoms with Gasteiger partial charge in [0, 0.05) is 19.0 Å². The van der Waals surface area contributed by atoms with Crippen LogP contribution in [0.25, 0.3) is 0 Å². The van der Waals surface area contributed by atoms with Crippen molar-refractivity contribution in [2.75, 3.05) is 19.6 Å². The summed E-state index contributed by atoms with van der Waals surface area (Å²) in [4.78, 5) is 4.63. The lowest BCUT2D eigenvalue weighted by Crippen LogP contribution is -2.39. The second-order valence-electron chi connectivity index (χ2n) is 5.95. The molecular formula is C19H27N3O2. The van der Waals surface area contributed by atoms with Crippen LogP contribution in [0.15, 0.2) is 52.1 Å². The van der Waals surface area contributed by atoms with Crippen molar-refractivity contribution in [2.45, 2.75) is 32.8 Å². The Morgan fingerprint density at radius 2 is 2.08 bits per heavy atom. The first-order valence-corrected chi connectivity index (χ1v) is 8.40. The van der Waals surface area contributed by atoms with E-state index in [0.29, 0.717) is 30.7 Å². The number of aryl methyl sites for hydroxylation is 1. The summed E-state index contributed by atoms with van der Waals surface area (Å²) in [5.74, 6) is 1.57. The zero-order valence-electron chi connectivity index (χ0n) is 14.6. The SMILES string of the molecule is CCNC(=NCC(C)c1cccc(C)c1)NCC(O)c1ccco1. The summed E-state index contributed by atoms with van der Waals surface area (Å²) in [6.07, 6.45) is 0.861. The third kappa shape index (κ3) is 5.42. The third-order valence-corrected chi connectivity index (χ3v) is 3.81. The van der Waals surface area contributed by atoms with E-state index in [0.717, 1.165) is 6.54 Å². The third-order valence-electron chi connectivity index (χ3n) is 3.81. The molecule has 130 valence electrons. The second-order valence-corrected chi connectivity index (χ2v) is 5.95. The molecule has 5 heteroatoms. The summed E-state index contributed by atoms with van der Waals surface area (Å²) < 4.78 is 5.20. The van der Waals surface area contributed by atoms with Crippen molar-refractivity contribution in [3.05, 3.63) is 59.5 Å². The van der Waals surface area contributed by atoms with Gasteiger partial charge in [0.15, 0.2) is 5.96 Å². The van der Waals surface area contributed by atoms with E-state index >= 15 is 0 Å². The van der Waals surface area contributed by atoms with E-state index in [1.54, 1.807) is 18.4 Å². The van der Waals surface area contributed by atoms with Crippen molar-refractivity contribution in [1.29, 1.82) is 0 Å². The van der Waals surface area contributed by atoms with E-state index < -0.39 is 6.10 Å². The summed E-state index contributed by atoms with van der Waals surface area (Å²) in [6.45, 7) is 8.07. The number of aliphatic hydroxyl groups excluding tert-OH is 1. The van der Waals surface area contributed by atoms with E-state index in [-0.39, 0.29) is 0 Å². The number of hydrogen-bond acceptors (Lipinski definition) is 3. The zero-order valence-corrected chi connectivity index (χ0v) is 14.6. The van der Waals surface area contributed by atoms with Crippen LogP contribution in [-0.4, -0.2) is 30.7 Å². The Kier molecular flexibility index (Phi) is 6.88. The molecule has 0 aliphatic rings. The zero-order chi connectivity index (χ0) is 17.4. The van der Waals surface area contributed by atoms with E-state index in [4.69, 9.17) is 4.42 Å². The number of furan rings is 1. The summed E-state index contributed by atoms with van der Waals surface area (Å²) in [5.41, 5.74) is 2.54. The summed E-state index contributed by atoms with van der Waals surface area (Å²) in [6, 6.07) is 12.0. The van der Waals surface area contributed by atoms with Crippen LogP contribution in [0.2, 0.25) is 0 Å². The molecule has 0 spiro atoms. The molecule has 0 saturated carbocycles. The maximum Gasteiger partial charge on any atom is 0.191 e. The molecule has 0 aliphatic heterocycles. The molecule has 5 nitrogen and oxygen atoms in total. The van der Waals surface area contributed by atoms with Crippen LogP contribution in [0.3, 0.4) is 0 Å². The van der Waals surface area contributed by atoms with Crippen LogP contribution in [0.5, 0.6) is 0 Å². The molecule has 0 aliphatic carbocycles. The molecule has 2 rings (SSSR count). The number of nitrogens with one attached hydrogen (secondary N) is 2. The Balaban J connectivity index is 1.92. The fraction of sp³-hybridized carbons (Fsp3) is 0.421. The van der Waals surface area contributed by atoms with E-state index in [1.165, 1.54) is 11.1 Å². The molecule has 0 fully saturated rings. The minimum atomic E-state index is -0.696. The van der Waals surface area contributed by atoms with E-state index in [2.05, 4.69) is 53.7 Å². The van der Waals surface area contributed by atoms with Crippen LogP contribution in [-0.2, 0) is 0 Å². The molecule has 0 radical (unpaired) electrons. The van der Waals surface area contributed by atoms with Gasteiger partial charge in [0.05, 0.1) is 12.8 Å². The first-order chi connectivity index (χ1) is 11.6. The van der Waals surface area contributed by atoms with Crippen LogP contribution in [0.4, 0.5) is 0 Å². The molecular weight excluding hydrogens is 302 g/mol. The lowest BCUT2D eigenvalue weighted by atomic mass is 10.00. The molecule has 1 aromatic carbocycles. The van der Waals surface area contributed by atoms with Crippen molar-refractivity contribution in [3.8, 4) is 0 Å². The predicted octanol–water partition coefficient (Wildman–Crippen LogP) is 2.98. The number of nitrogens with zero attached hydrogens (tertiary/aromatic N) is 1. The monoisotopic (exact) mass is 329 g/mol. The molecule has 3 N–H and O–H groups in total. The Bertz CT molecular complexity index is 638. The largest absolute Gasteiger partial charge is 0.467 e. The van der Waals surface area contributed by atoms with Gasteiger partial charge in [-0.1, -0.05) is 36.8 Å². The number of guanidine groups is 1. The topological polar surface area (TPSA) is 69.8 Å². The minimum absolute atomic E-state index is 0.329. The molecule has 24 heavy (non-hydrogen) atoms. The number of aliphatic imine (C=N–C) groups is 1. The Morgan fingerprint density at radius 3 is 2.75 bits per heavy atom. The molecule has 2 unspecified atom stereocenters. The summed E-state index contributed by atoms with van der Waals surface area (Å²) >= 11 is 0. The highest BCUT2D eigenvalue weighted by Gasteiger charge is 2.11. The Labute approximate surface area is 143 Å². The van der Waals surface area contributed by atoms with E-state index in [1.807, 2.05) is 6.92 Å². The highest BCUT2D eigenvalue weighted by Crippen LogP contribution is 2.16. The van der Waals surface area contributed by atoms with Crippen LogP contribution in [0, 0.1) is 6.92 Å². The minimum Gasteiger partial charge on any atom is -0.467 e. The normalized spacial score (nSPS) is 14.2. The quantitative estimate of drug-likeness (QED) is 0.539. The average Bonchev–Trinajstić information content (AvgIpc) is 3.11. The van der Waals surface area contributed by atoms with Crippen molar-refractivity contribution in [2.24, 2.45) is 4.99 Å². The fourth-order valence-corrected chi connectivity index (χ4v) is 2.43. The molecule has 1 aromatic heterocycles. The van der Waals surface area contributed by atoms with Crippen molar-refractivity contribution < 1.29 is 9.52 Å². The fourth-order valence-electron chi connectivity index (χ4n) is 2.43. The molecule has 2 atom stereocenters. The van der Waals surface area contributed by atoms with Crippen molar-refractivity contribution in [3.63, 3.8) is 0 Å². The van der Waals surface area contributed by atoms with Gasteiger partial charge in [-0.3, -0.25) is 4.99 Å². The highest BCUT2D eigenvalue weighted by atomic mass is 16.4. The molecule has 0 saturated heterocycles. The van der Waals surface area contributed by atoms with Gasteiger partial charge < -0.3 is 20.2 Å². The number of hydrogen-bond donors (Lipinski definition) is 3. The first kappa shape index (κ1) is 18.1. The number of rotatable bonds is 7. The standard InChI is InChI=1S/C19H27N3O2/c1-4-20-19(22-13-17(23)18-9-6-10-24-18)21-12-15(3)16-8-5-7-14(2)11-16/h5-11,15,17,23H,4,12-13H2,1-3H3,(H2,20,21,22). The van der Waals surface area contributed by atoms with Gasteiger partial charge in [-0.15, -0.1) is 0 Å². The smallest absolute Gasteiger partial charge is 0.191 e. The van der Waals surface area contributed by atoms with Gasteiger partial charge >= 0.3 is 0 Å². The van der Waals surface area contributed by atoms with Gasteiger partial charge in [-0.25, -0.2) is 0 Å². The number of benzene rings is 1. The van der Waals surface area contributed by atoms with Crippen LogP contribution >= 0.6 is 0 Å². The molecule has 2 aromatic rings.